The lowest BCUT2D eigenvalue weighted by Crippen LogP contribution is -2.21. The van der Waals surface area contributed by atoms with Gasteiger partial charge >= 0.3 is 0 Å². The molecule has 0 fully saturated rings. The molecule has 0 aliphatic carbocycles. The largest absolute Gasteiger partial charge is 0.306 e. The standard InChI is InChI=1S/C17H20F2N2/c1-10-7-11(2)21-13(4)17(10)12(3)20-9-14-5-6-15(18)8-16(14)19/h5-8,12,20H,9H2,1-4H3. The Bertz CT molecular complexity index is 630. The Morgan fingerprint density at radius 2 is 1.86 bits per heavy atom. The Balaban J connectivity index is 2.13. The second-order valence-corrected chi connectivity index (χ2v) is 5.42. The fraction of sp³-hybridized carbons (Fsp3) is 0.353. The van der Waals surface area contributed by atoms with Gasteiger partial charge in [-0.05, 0) is 51.0 Å². The number of hydrogen-bond donors (Lipinski definition) is 1. The maximum atomic E-state index is 13.6. The SMILES string of the molecule is Cc1cc(C)c(C(C)NCc2ccc(F)cc2F)c(C)n1. The number of pyridine rings is 1. The molecule has 112 valence electrons. The minimum Gasteiger partial charge on any atom is -0.306 e. The van der Waals surface area contributed by atoms with Crippen LogP contribution in [0.2, 0.25) is 0 Å². The molecule has 0 saturated heterocycles. The van der Waals surface area contributed by atoms with Crippen molar-refractivity contribution in [3.8, 4) is 0 Å². The lowest BCUT2D eigenvalue weighted by atomic mass is 10.00. The lowest BCUT2D eigenvalue weighted by Gasteiger charge is -2.19. The predicted octanol–water partition coefficient (Wildman–Crippen LogP) is 4.14. The molecular formula is C17H20F2N2. The van der Waals surface area contributed by atoms with Crippen LogP contribution < -0.4 is 5.32 Å². The summed E-state index contributed by atoms with van der Waals surface area (Å²) in [6.07, 6.45) is 0. The molecule has 0 spiro atoms. The fourth-order valence-corrected chi connectivity index (χ4v) is 2.72. The number of hydrogen-bond acceptors (Lipinski definition) is 2. The summed E-state index contributed by atoms with van der Waals surface area (Å²) in [4.78, 5) is 4.48. The minimum atomic E-state index is -0.557. The maximum Gasteiger partial charge on any atom is 0.130 e. The van der Waals surface area contributed by atoms with Crippen molar-refractivity contribution in [1.82, 2.24) is 10.3 Å². The van der Waals surface area contributed by atoms with Gasteiger partial charge in [0.05, 0.1) is 0 Å². The van der Waals surface area contributed by atoms with Gasteiger partial charge in [0.1, 0.15) is 11.6 Å². The van der Waals surface area contributed by atoms with E-state index in [1.54, 1.807) is 0 Å². The highest BCUT2D eigenvalue weighted by Crippen LogP contribution is 2.22. The Labute approximate surface area is 124 Å². The first-order chi connectivity index (χ1) is 9.88. The second-order valence-electron chi connectivity index (χ2n) is 5.42. The number of halogens is 2. The number of nitrogens with zero attached hydrogens (tertiary/aromatic N) is 1. The van der Waals surface area contributed by atoms with E-state index in [0.717, 1.165) is 23.0 Å². The first-order valence-corrected chi connectivity index (χ1v) is 7.00. The molecule has 0 amide bonds. The molecule has 1 N–H and O–H groups in total. The molecule has 1 aromatic carbocycles. The molecule has 0 saturated carbocycles. The maximum absolute atomic E-state index is 13.6. The molecule has 0 bridgehead atoms. The molecule has 0 radical (unpaired) electrons. The average Bonchev–Trinajstić information content (AvgIpc) is 2.36. The van der Waals surface area contributed by atoms with Crippen molar-refractivity contribution < 1.29 is 8.78 Å². The van der Waals surface area contributed by atoms with Gasteiger partial charge in [0, 0.05) is 35.6 Å². The van der Waals surface area contributed by atoms with Gasteiger partial charge in [-0.25, -0.2) is 8.78 Å². The quantitative estimate of drug-likeness (QED) is 0.915. The van der Waals surface area contributed by atoms with Crippen LogP contribution in [0.1, 0.15) is 41.0 Å². The molecule has 1 aromatic heterocycles. The number of benzene rings is 1. The van der Waals surface area contributed by atoms with Crippen LogP contribution in [0.5, 0.6) is 0 Å². The minimum absolute atomic E-state index is 0.0440. The summed E-state index contributed by atoms with van der Waals surface area (Å²) in [7, 11) is 0. The highest BCUT2D eigenvalue weighted by atomic mass is 19.1. The zero-order valence-electron chi connectivity index (χ0n) is 12.8. The van der Waals surface area contributed by atoms with Crippen LogP contribution in [0, 0.1) is 32.4 Å². The summed E-state index contributed by atoms with van der Waals surface area (Å²) in [5.74, 6) is -1.08. The molecule has 1 heterocycles. The molecule has 2 aromatic rings. The highest BCUT2D eigenvalue weighted by molar-refractivity contribution is 5.33. The van der Waals surface area contributed by atoms with Crippen LogP contribution in [0.3, 0.4) is 0 Å². The van der Waals surface area contributed by atoms with Crippen LogP contribution in [0.15, 0.2) is 24.3 Å². The van der Waals surface area contributed by atoms with E-state index in [-0.39, 0.29) is 6.04 Å². The van der Waals surface area contributed by atoms with Gasteiger partial charge < -0.3 is 5.32 Å². The Morgan fingerprint density at radius 1 is 1.14 bits per heavy atom. The molecule has 1 unspecified atom stereocenters. The number of aryl methyl sites for hydroxylation is 3. The Kier molecular flexibility index (Phi) is 4.68. The van der Waals surface area contributed by atoms with Crippen molar-refractivity contribution in [2.45, 2.75) is 40.3 Å². The summed E-state index contributed by atoms with van der Waals surface area (Å²) >= 11 is 0. The molecule has 2 rings (SSSR count). The smallest absolute Gasteiger partial charge is 0.130 e. The van der Waals surface area contributed by atoms with E-state index in [2.05, 4.69) is 10.3 Å². The van der Waals surface area contributed by atoms with Gasteiger partial charge in [0.2, 0.25) is 0 Å². The predicted molar refractivity (Wildman–Crippen MR) is 80.1 cm³/mol. The third kappa shape index (κ3) is 3.64. The molecule has 4 heteroatoms. The monoisotopic (exact) mass is 290 g/mol. The first-order valence-electron chi connectivity index (χ1n) is 7.00. The average molecular weight is 290 g/mol. The second kappa shape index (κ2) is 6.31. The molecule has 21 heavy (non-hydrogen) atoms. The van der Waals surface area contributed by atoms with Crippen molar-refractivity contribution in [3.63, 3.8) is 0 Å². The zero-order chi connectivity index (χ0) is 15.6. The van der Waals surface area contributed by atoms with Crippen molar-refractivity contribution in [3.05, 3.63) is 64.0 Å². The summed E-state index contributed by atoms with van der Waals surface area (Å²) in [5.41, 5.74) is 4.72. The molecule has 0 aliphatic heterocycles. The van der Waals surface area contributed by atoms with E-state index in [1.165, 1.54) is 17.7 Å². The van der Waals surface area contributed by atoms with E-state index in [0.29, 0.717) is 12.1 Å². The van der Waals surface area contributed by atoms with Crippen molar-refractivity contribution in [2.75, 3.05) is 0 Å². The van der Waals surface area contributed by atoms with Crippen LogP contribution in [0.25, 0.3) is 0 Å². The molecular weight excluding hydrogens is 270 g/mol. The van der Waals surface area contributed by atoms with Crippen LogP contribution >= 0.6 is 0 Å². The molecule has 1 atom stereocenters. The van der Waals surface area contributed by atoms with Crippen molar-refractivity contribution >= 4 is 0 Å². The summed E-state index contributed by atoms with van der Waals surface area (Å²) in [6.45, 7) is 8.36. The Morgan fingerprint density at radius 3 is 2.48 bits per heavy atom. The first kappa shape index (κ1) is 15.6. The summed E-state index contributed by atoms with van der Waals surface area (Å²) in [6, 6.07) is 5.74. The van der Waals surface area contributed by atoms with Crippen LogP contribution in [-0.4, -0.2) is 4.98 Å². The molecule has 2 nitrogen and oxygen atoms in total. The third-order valence-electron chi connectivity index (χ3n) is 3.63. The zero-order valence-corrected chi connectivity index (χ0v) is 12.8. The van der Waals surface area contributed by atoms with E-state index in [9.17, 15) is 8.78 Å². The number of rotatable bonds is 4. The number of aromatic nitrogens is 1. The van der Waals surface area contributed by atoms with Crippen LogP contribution in [0.4, 0.5) is 8.78 Å². The van der Waals surface area contributed by atoms with Gasteiger partial charge in [-0.1, -0.05) is 6.07 Å². The van der Waals surface area contributed by atoms with Gasteiger partial charge in [0.15, 0.2) is 0 Å². The fourth-order valence-electron chi connectivity index (χ4n) is 2.72. The van der Waals surface area contributed by atoms with Crippen molar-refractivity contribution in [2.24, 2.45) is 0 Å². The molecule has 0 aliphatic rings. The van der Waals surface area contributed by atoms with Gasteiger partial charge in [-0.15, -0.1) is 0 Å². The third-order valence-corrected chi connectivity index (χ3v) is 3.63. The van der Waals surface area contributed by atoms with E-state index >= 15 is 0 Å². The normalized spacial score (nSPS) is 12.5. The van der Waals surface area contributed by atoms with Gasteiger partial charge in [0.25, 0.3) is 0 Å². The van der Waals surface area contributed by atoms with Gasteiger partial charge in [-0.3, -0.25) is 4.98 Å². The van der Waals surface area contributed by atoms with E-state index in [1.807, 2.05) is 33.8 Å². The van der Waals surface area contributed by atoms with Gasteiger partial charge in [-0.2, -0.15) is 0 Å². The number of nitrogens with one attached hydrogen (secondary N) is 1. The lowest BCUT2D eigenvalue weighted by molar-refractivity contribution is 0.530. The van der Waals surface area contributed by atoms with Crippen LogP contribution in [-0.2, 0) is 6.54 Å². The van der Waals surface area contributed by atoms with E-state index in [4.69, 9.17) is 0 Å². The van der Waals surface area contributed by atoms with E-state index < -0.39 is 11.6 Å². The Hall–Kier alpha value is -1.81. The topological polar surface area (TPSA) is 24.9 Å². The highest BCUT2D eigenvalue weighted by Gasteiger charge is 2.13. The van der Waals surface area contributed by atoms with Crippen molar-refractivity contribution in [1.29, 1.82) is 0 Å². The summed E-state index contributed by atoms with van der Waals surface area (Å²) < 4.78 is 26.5. The summed E-state index contributed by atoms with van der Waals surface area (Å²) in [5, 5.41) is 3.27.